The van der Waals surface area contributed by atoms with Gasteiger partial charge in [-0.2, -0.15) is 0 Å². The van der Waals surface area contributed by atoms with Crippen molar-refractivity contribution in [2.45, 2.75) is 19.3 Å². The molecule has 0 saturated heterocycles. The minimum atomic E-state index is -0.404. The van der Waals surface area contributed by atoms with Crippen LogP contribution >= 0.6 is 11.3 Å². The van der Waals surface area contributed by atoms with E-state index in [2.05, 4.69) is 0 Å². The average molecular weight is 329 g/mol. The molecule has 0 atom stereocenters. The Morgan fingerprint density at radius 2 is 2.00 bits per heavy atom. The number of ether oxygens (including phenoxy) is 1. The van der Waals surface area contributed by atoms with Gasteiger partial charge in [0.05, 0.1) is 12.0 Å². The van der Waals surface area contributed by atoms with Gasteiger partial charge >= 0.3 is 5.97 Å². The summed E-state index contributed by atoms with van der Waals surface area (Å²) in [5.74, 6) is -0.277. The summed E-state index contributed by atoms with van der Waals surface area (Å²) in [6.07, 6.45) is 4.46. The van der Waals surface area contributed by atoms with E-state index >= 15 is 0 Å². The molecule has 1 aliphatic carbocycles. The Morgan fingerprint density at radius 1 is 1.26 bits per heavy atom. The molecule has 0 bridgehead atoms. The van der Waals surface area contributed by atoms with Gasteiger partial charge in [-0.05, 0) is 54.7 Å². The molecule has 1 aliphatic rings. The largest absolute Gasteiger partial charge is 0.466 e. The lowest BCUT2D eigenvalue weighted by Crippen LogP contribution is -2.03. The van der Waals surface area contributed by atoms with Crippen LogP contribution in [0.2, 0.25) is 0 Å². The van der Waals surface area contributed by atoms with E-state index in [9.17, 15) is 14.9 Å². The van der Waals surface area contributed by atoms with E-state index in [1.165, 1.54) is 24.1 Å². The van der Waals surface area contributed by atoms with Gasteiger partial charge in [-0.15, -0.1) is 11.3 Å². The lowest BCUT2D eigenvalue weighted by atomic mass is 10.1. The Balaban J connectivity index is 1.95. The number of carbonyl (C=O) groups excluding carboxylic acids is 1. The molecule has 6 heteroatoms. The molecule has 1 aromatic carbocycles. The molecule has 0 aliphatic heterocycles. The smallest absolute Gasteiger partial charge is 0.333 e. The van der Waals surface area contributed by atoms with Crippen LogP contribution in [0.5, 0.6) is 0 Å². The summed E-state index contributed by atoms with van der Waals surface area (Å²) in [5, 5.41) is 10.7. The normalized spacial score (nSPS) is 13.7. The van der Waals surface area contributed by atoms with Gasteiger partial charge < -0.3 is 4.74 Å². The number of methoxy groups -OCH3 is 1. The van der Waals surface area contributed by atoms with Crippen molar-refractivity contribution in [1.82, 2.24) is 0 Å². The van der Waals surface area contributed by atoms with E-state index in [4.69, 9.17) is 4.74 Å². The number of nitro groups is 1. The first kappa shape index (κ1) is 15.4. The summed E-state index contributed by atoms with van der Waals surface area (Å²) < 4.78 is 4.82. The summed E-state index contributed by atoms with van der Waals surface area (Å²) >= 11 is 1.67. The third kappa shape index (κ3) is 3.17. The average Bonchev–Trinajstić information content (AvgIpc) is 2.86. The Bertz CT molecular complexity index is 789. The fraction of sp³-hybridized carbons (Fsp3) is 0.235. The zero-order valence-corrected chi connectivity index (χ0v) is 13.4. The van der Waals surface area contributed by atoms with Crippen molar-refractivity contribution in [3.8, 4) is 10.4 Å². The molecule has 0 amide bonds. The number of non-ortho nitro benzene ring substituents is 1. The van der Waals surface area contributed by atoms with Gasteiger partial charge in [-0.3, -0.25) is 10.1 Å². The van der Waals surface area contributed by atoms with Crippen LogP contribution in [0.4, 0.5) is 5.69 Å². The number of hydrogen-bond donors (Lipinski definition) is 0. The predicted molar refractivity (Wildman–Crippen MR) is 89.3 cm³/mol. The molecular weight excluding hydrogens is 314 g/mol. The maximum absolute atomic E-state index is 11.8. The van der Waals surface area contributed by atoms with E-state index in [1.807, 2.05) is 12.1 Å². The number of aryl methyl sites for hydroxylation is 1. The van der Waals surface area contributed by atoms with Crippen LogP contribution in [0, 0.1) is 10.1 Å². The second-order valence-electron chi connectivity index (χ2n) is 5.31. The van der Waals surface area contributed by atoms with E-state index in [0.717, 1.165) is 35.3 Å². The lowest BCUT2D eigenvalue weighted by Gasteiger charge is -2.01. The molecule has 0 radical (unpaired) electrons. The highest BCUT2D eigenvalue weighted by Gasteiger charge is 2.18. The number of nitro benzene ring substituents is 1. The van der Waals surface area contributed by atoms with Crippen molar-refractivity contribution in [3.63, 3.8) is 0 Å². The van der Waals surface area contributed by atoms with Crippen molar-refractivity contribution >= 4 is 29.1 Å². The van der Waals surface area contributed by atoms with Gasteiger partial charge in [0.1, 0.15) is 0 Å². The number of esters is 1. The van der Waals surface area contributed by atoms with Crippen LogP contribution < -0.4 is 0 Å². The number of benzene rings is 1. The summed E-state index contributed by atoms with van der Waals surface area (Å²) in [6.45, 7) is 0. The van der Waals surface area contributed by atoms with Gasteiger partial charge in [-0.1, -0.05) is 0 Å². The first-order chi connectivity index (χ1) is 11.1. The molecule has 118 valence electrons. The van der Waals surface area contributed by atoms with E-state index < -0.39 is 4.92 Å². The van der Waals surface area contributed by atoms with E-state index in [1.54, 1.807) is 23.5 Å². The lowest BCUT2D eigenvalue weighted by molar-refractivity contribution is -0.384. The zero-order chi connectivity index (χ0) is 16.4. The SMILES string of the molecule is COC(=O)C1=Cc2cc(-c3ccc([N+](=O)[O-])cc3)sc2CCC1. The van der Waals surface area contributed by atoms with E-state index in [-0.39, 0.29) is 11.7 Å². The Labute approximate surface area is 137 Å². The number of rotatable bonds is 3. The van der Waals surface area contributed by atoms with Crippen molar-refractivity contribution in [3.05, 3.63) is 56.5 Å². The second kappa shape index (κ2) is 6.34. The van der Waals surface area contributed by atoms with Crippen LogP contribution in [0.15, 0.2) is 35.9 Å². The Hall–Kier alpha value is -2.47. The van der Waals surface area contributed by atoms with Crippen LogP contribution in [-0.4, -0.2) is 18.0 Å². The van der Waals surface area contributed by atoms with Gasteiger partial charge in [0, 0.05) is 27.5 Å². The third-order valence-electron chi connectivity index (χ3n) is 3.83. The fourth-order valence-corrected chi connectivity index (χ4v) is 3.83. The Morgan fingerprint density at radius 3 is 2.65 bits per heavy atom. The number of fused-ring (bicyclic) bond motifs is 1. The molecule has 0 saturated carbocycles. The van der Waals surface area contributed by atoms with Gasteiger partial charge in [0.25, 0.3) is 5.69 Å². The number of carbonyl (C=O) groups is 1. The van der Waals surface area contributed by atoms with Gasteiger partial charge in [0.15, 0.2) is 0 Å². The molecule has 23 heavy (non-hydrogen) atoms. The quantitative estimate of drug-likeness (QED) is 0.480. The van der Waals surface area contributed by atoms with Crippen molar-refractivity contribution in [2.75, 3.05) is 7.11 Å². The predicted octanol–water partition coefficient (Wildman–Crippen LogP) is 4.22. The van der Waals surface area contributed by atoms with Crippen molar-refractivity contribution < 1.29 is 14.5 Å². The molecule has 0 N–H and O–H groups in total. The van der Waals surface area contributed by atoms with E-state index in [0.29, 0.717) is 5.57 Å². The first-order valence-corrected chi connectivity index (χ1v) is 8.06. The van der Waals surface area contributed by atoms with Crippen molar-refractivity contribution in [2.24, 2.45) is 0 Å². The molecule has 0 unspecified atom stereocenters. The third-order valence-corrected chi connectivity index (χ3v) is 5.09. The molecule has 2 aromatic rings. The summed E-state index contributed by atoms with van der Waals surface area (Å²) in [7, 11) is 1.39. The highest BCUT2D eigenvalue weighted by Crippen LogP contribution is 2.36. The number of nitrogens with zero attached hydrogens (tertiary/aromatic N) is 1. The number of thiophene rings is 1. The first-order valence-electron chi connectivity index (χ1n) is 7.25. The fourth-order valence-electron chi connectivity index (χ4n) is 2.64. The molecule has 5 nitrogen and oxygen atoms in total. The number of hydrogen-bond acceptors (Lipinski definition) is 5. The maximum Gasteiger partial charge on any atom is 0.333 e. The van der Waals surface area contributed by atoms with Crippen molar-refractivity contribution in [1.29, 1.82) is 0 Å². The van der Waals surface area contributed by atoms with Crippen LogP contribution in [0.3, 0.4) is 0 Å². The minimum absolute atomic E-state index is 0.0831. The van der Waals surface area contributed by atoms with Crippen LogP contribution in [0.25, 0.3) is 16.5 Å². The molecule has 0 spiro atoms. The van der Waals surface area contributed by atoms with Crippen LogP contribution in [-0.2, 0) is 16.0 Å². The topological polar surface area (TPSA) is 69.4 Å². The molecule has 1 heterocycles. The highest BCUT2D eigenvalue weighted by molar-refractivity contribution is 7.15. The minimum Gasteiger partial charge on any atom is -0.466 e. The van der Waals surface area contributed by atoms with Gasteiger partial charge in [0.2, 0.25) is 0 Å². The summed E-state index contributed by atoms with van der Waals surface area (Å²) in [4.78, 5) is 24.4. The zero-order valence-electron chi connectivity index (χ0n) is 12.6. The summed E-state index contributed by atoms with van der Waals surface area (Å²) in [5.41, 5.74) is 2.77. The Kier molecular flexibility index (Phi) is 4.25. The van der Waals surface area contributed by atoms with Crippen LogP contribution in [0.1, 0.15) is 23.3 Å². The van der Waals surface area contributed by atoms with Gasteiger partial charge in [-0.25, -0.2) is 4.79 Å². The molecule has 3 rings (SSSR count). The highest BCUT2D eigenvalue weighted by atomic mass is 32.1. The molecule has 1 aromatic heterocycles. The standard InChI is InChI=1S/C17H15NO4S/c1-22-17(19)12-3-2-4-15-13(9-12)10-16(23-15)11-5-7-14(8-6-11)18(20)21/h5-10H,2-4H2,1H3. The maximum atomic E-state index is 11.8. The molecule has 0 fully saturated rings. The second-order valence-corrected chi connectivity index (χ2v) is 6.44. The summed E-state index contributed by atoms with van der Waals surface area (Å²) in [6, 6.07) is 8.57. The molecular formula is C17H15NO4S. The monoisotopic (exact) mass is 329 g/mol.